The molecule has 0 aromatic heterocycles. The molecule has 0 aliphatic carbocycles. The number of amides is 2. The van der Waals surface area contributed by atoms with E-state index >= 15 is 0 Å². The van der Waals surface area contributed by atoms with Gasteiger partial charge in [0.2, 0.25) is 5.91 Å². The first-order valence-electron chi connectivity index (χ1n) is 9.76. The average molecular weight is 474 g/mol. The predicted octanol–water partition coefficient (Wildman–Crippen LogP) is 3.01. The predicted molar refractivity (Wildman–Crippen MR) is 119 cm³/mol. The number of carbonyl (C=O) groups excluding carboxylic acids is 2. The van der Waals surface area contributed by atoms with Crippen LogP contribution in [0.15, 0.2) is 77.7 Å². The Morgan fingerprint density at radius 2 is 1.55 bits per heavy atom. The van der Waals surface area contributed by atoms with E-state index in [1.807, 2.05) is 0 Å². The minimum absolute atomic E-state index is 0.0335. The number of hydrogen-bond acceptors (Lipinski definition) is 4. The van der Waals surface area contributed by atoms with E-state index in [0.717, 1.165) is 16.4 Å². The molecule has 0 aliphatic rings. The van der Waals surface area contributed by atoms with Crippen molar-refractivity contribution in [2.45, 2.75) is 10.9 Å². The van der Waals surface area contributed by atoms with Crippen LogP contribution >= 0.6 is 0 Å². The highest BCUT2D eigenvalue weighted by Gasteiger charge is 2.25. The molecule has 3 rings (SSSR count). The third kappa shape index (κ3) is 5.17. The largest absolute Gasteiger partial charge is 0.357 e. The molecular formula is C23H21F2N3O4S. The van der Waals surface area contributed by atoms with Crippen LogP contribution in [0.3, 0.4) is 0 Å². The van der Waals surface area contributed by atoms with E-state index in [9.17, 15) is 26.8 Å². The molecule has 0 heterocycles. The molecule has 7 nitrogen and oxygen atoms in total. The summed E-state index contributed by atoms with van der Waals surface area (Å²) >= 11 is 0. The molecule has 10 heteroatoms. The number of nitrogens with zero attached hydrogens (tertiary/aromatic N) is 1. The summed E-state index contributed by atoms with van der Waals surface area (Å²) in [5.41, 5.74) is 0.595. The fourth-order valence-corrected chi connectivity index (χ4v) is 4.26. The summed E-state index contributed by atoms with van der Waals surface area (Å²) in [6, 6.07) is 15.2. The number of sulfonamides is 1. The highest BCUT2D eigenvalue weighted by molar-refractivity contribution is 7.92. The monoisotopic (exact) mass is 473 g/mol. The van der Waals surface area contributed by atoms with Crippen molar-refractivity contribution in [2.75, 3.05) is 18.4 Å². The van der Waals surface area contributed by atoms with Gasteiger partial charge in [-0.2, -0.15) is 0 Å². The zero-order valence-electron chi connectivity index (χ0n) is 17.7. The lowest BCUT2D eigenvalue weighted by Crippen LogP contribution is -2.39. The summed E-state index contributed by atoms with van der Waals surface area (Å²) in [5, 5.41) is 4.81. The van der Waals surface area contributed by atoms with Gasteiger partial charge in [0.25, 0.3) is 15.9 Å². The van der Waals surface area contributed by atoms with Gasteiger partial charge < -0.3 is 10.6 Å². The fourth-order valence-electron chi connectivity index (χ4n) is 3.06. The third-order valence-corrected chi connectivity index (χ3v) is 6.76. The van der Waals surface area contributed by atoms with Crippen molar-refractivity contribution in [3.05, 3.63) is 95.6 Å². The summed E-state index contributed by atoms with van der Waals surface area (Å²) in [4.78, 5) is 24.9. The second kappa shape index (κ2) is 9.78. The number of anilines is 1. The Labute approximate surface area is 190 Å². The Morgan fingerprint density at radius 1 is 0.909 bits per heavy atom. The van der Waals surface area contributed by atoms with E-state index in [1.165, 1.54) is 44.4 Å². The van der Waals surface area contributed by atoms with Crippen LogP contribution in [-0.2, 0) is 14.8 Å². The van der Waals surface area contributed by atoms with Crippen molar-refractivity contribution < 1.29 is 26.8 Å². The topological polar surface area (TPSA) is 95.6 Å². The molecule has 0 radical (unpaired) electrons. The summed E-state index contributed by atoms with van der Waals surface area (Å²) in [6.07, 6.45) is 0. The SMILES string of the molecule is CNC(=O)C(NC(=O)c1ccc(S(=O)(=O)N(C)c2ccccc2)cc1)c1ccc(F)c(F)c1. The van der Waals surface area contributed by atoms with E-state index in [-0.39, 0.29) is 16.0 Å². The molecule has 3 aromatic carbocycles. The lowest BCUT2D eigenvalue weighted by molar-refractivity contribution is -0.122. The van der Waals surface area contributed by atoms with Gasteiger partial charge in [0.15, 0.2) is 11.6 Å². The summed E-state index contributed by atoms with van der Waals surface area (Å²) < 4.78 is 53.7. The maximum Gasteiger partial charge on any atom is 0.264 e. The summed E-state index contributed by atoms with van der Waals surface area (Å²) in [7, 11) is -1.11. The molecule has 1 atom stereocenters. The molecular weight excluding hydrogens is 452 g/mol. The molecule has 172 valence electrons. The second-order valence-electron chi connectivity index (χ2n) is 7.03. The Hall–Kier alpha value is -3.79. The standard InChI is InChI=1S/C23H21F2N3O4S/c1-26-23(30)21(16-10-13-19(24)20(25)14-16)27-22(29)15-8-11-18(12-9-15)33(31,32)28(2)17-6-4-3-5-7-17/h3-14,21H,1-2H3,(H,26,30)(H,27,29). The van der Waals surface area contributed by atoms with Gasteiger partial charge in [-0.05, 0) is 54.1 Å². The van der Waals surface area contributed by atoms with Crippen LogP contribution in [0.4, 0.5) is 14.5 Å². The van der Waals surface area contributed by atoms with E-state index in [1.54, 1.807) is 30.3 Å². The fraction of sp³-hybridized carbons (Fsp3) is 0.130. The van der Waals surface area contributed by atoms with Gasteiger partial charge in [0, 0.05) is 19.7 Å². The van der Waals surface area contributed by atoms with Crippen molar-refractivity contribution in [2.24, 2.45) is 0 Å². The van der Waals surface area contributed by atoms with Gasteiger partial charge in [-0.1, -0.05) is 24.3 Å². The maximum absolute atomic E-state index is 13.6. The summed E-state index contributed by atoms with van der Waals surface area (Å²) in [6.45, 7) is 0. The molecule has 2 N–H and O–H groups in total. The number of hydrogen-bond donors (Lipinski definition) is 2. The number of halogens is 2. The number of likely N-dealkylation sites (N-methyl/N-ethyl adjacent to an activating group) is 1. The molecule has 33 heavy (non-hydrogen) atoms. The molecule has 0 aliphatic heterocycles. The maximum atomic E-state index is 13.6. The van der Waals surface area contributed by atoms with Crippen LogP contribution in [0.2, 0.25) is 0 Å². The number of nitrogens with one attached hydrogen (secondary N) is 2. The van der Waals surface area contributed by atoms with Gasteiger partial charge in [-0.3, -0.25) is 13.9 Å². The number of rotatable bonds is 7. The van der Waals surface area contributed by atoms with Crippen molar-refractivity contribution >= 4 is 27.5 Å². The minimum Gasteiger partial charge on any atom is -0.357 e. The van der Waals surface area contributed by atoms with Crippen LogP contribution in [0.5, 0.6) is 0 Å². The average Bonchev–Trinajstić information content (AvgIpc) is 2.83. The van der Waals surface area contributed by atoms with Gasteiger partial charge in [0.05, 0.1) is 10.6 Å². The van der Waals surface area contributed by atoms with Crippen LogP contribution in [-0.4, -0.2) is 34.3 Å². The van der Waals surface area contributed by atoms with Crippen molar-refractivity contribution in [3.8, 4) is 0 Å². The Balaban J connectivity index is 1.82. The number of benzene rings is 3. The number of para-hydroxylation sites is 1. The quantitative estimate of drug-likeness (QED) is 0.552. The van der Waals surface area contributed by atoms with E-state index in [4.69, 9.17) is 0 Å². The molecule has 3 aromatic rings. The lowest BCUT2D eigenvalue weighted by Gasteiger charge is -2.20. The van der Waals surface area contributed by atoms with Crippen molar-refractivity contribution in [1.29, 1.82) is 0 Å². The van der Waals surface area contributed by atoms with Crippen LogP contribution in [0.1, 0.15) is 22.0 Å². The third-order valence-electron chi connectivity index (χ3n) is 4.96. The van der Waals surface area contributed by atoms with Crippen LogP contribution in [0, 0.1) is 11.6 Å². The lowest BCUT2D eigenvalue weighted by atomic mass is 10.0. The van der Waals surface area contributed by atoms with Crippen molar-refractivity contribution in [1.82, 2.24) is 10.6 Å². The molecule has 0 saturated carbocycles. The first-order valence-corrected chi connectivity index (χ1v) is 11.2. The van der Waals surface area contributed by atoms with Gasteiger partial charge in [0.1, 0.15) is 6.04 Å². The molecule has 2 amide bonds. The Bertz CT molecular complexity index is 1270. The van der Waals surface area contributed by atoms with Crippen LogP contribution < -0.4 is 14.9 Å². The first-order chi connectivity index (χ1) is 15.6. The minimum atomic E-state index is -3.87. The zero-order chi connectivity index (χ0) is 24.2. The molecule has 0 bridgehead atoms. The highest BCUT2D eigenvalue weighted by atomic mass is 32.2. The van der Waals surface area contributed by atoms with Gasteiger partial charge in [-0.25, -0.2) is 17.2 Å². The Kier molecular flexibility index (Phi) is 7.07. The van der Waals surface area contributed by atoms with Crippen LogP contribution in [0.25, 0.3) is 0 Å². The molecule has 0 fully saturated rings. The van der Waals surface area contributed by atoms with Gasteiger partial charge >= 0.3 is 0 Å². The molecule has 0 saturated heterocycles. The summed E-state index contributed by atoms with van der Waals surface area (Å²) in [5.74, 6) is -3.59. The second-order valence-corrected chi connectivity index (χ2v) is 9.00. The van der Waals surface area contributed by atoms with Crippen molar-refractivity contribution in [3.63, 3.8) is 0 Å². The number of carbonyl (C=O) groups is 2. The normalized spacial score (nSPS) is 12.0. The Morgan fingerprint density at radius 3 is 2.12 bits per heavy atom. The first kappa shape index (κ1) is 23.9. The highest BCUT2D eigenvalue weighted by Crippen LogP contribution is 2.22. The van der Waals surface area contributed by atoms with Gasteiger partial charge in [-0.15, -0.1) is 0 Å². The van der Waals surface area contributed by atoms with E-state index in [0.29, 0.717) is 5.69 Å². The smallest absolute Gasteiger partial charge is 0.264 e. The zero-order valence-corrected chi connectivity index (χ0v) is 18.6. The van der Waals surface area contributed by atoms with E-state index < -0.39 is 39.5 Å². The van der Waals surface area contributed by atoms with E-state index in [2.05, 4.69) is 10.6 Å². The molecule has 0 spiro atoms. The molecule has 1 unspecified atom stereocenters.